The average Bonchev–Trinajstić information content (AvgIpc) is 3.16. The molecule has 0 amide bonds. The molecule has 104 valence electrons. The molecular weight excluding hydrogens is 332 g/mol. The second-order valence-electron chi connectivity index (χ2n) is 4.69. The maximum absolute atomic E-state index is 5.44. The van der Waals surface area contributed by atoms with E-state index >= 15 is 0 Å². The summed E-state index contributed by atoms with van der Waals surface area (Å²) in [5.74, 6) is 1.56. The number of fused-ring (bicyclic) bond motifs is 1. The van der Waals surface area contributed by atoms with E-state index < -0.39 is 0 Å². The van der Waals surface area contributed by atoms with Crippen molar-refractivity contribution in [2.24, 2.45) is 0 Å². The number of benzene rings is 2. The lowest BCUT2D eigenvalue weighted by Crippen LogP contribution is -1.95. The van der Waals surface area contributed by atoms with Gasteiger partial charge in [0.1, 0.15) is 0 Å². The molecular formula is C16H11BrN2O2. The van der Waals surface area contributed by atoms with Crippen molar-refractivity contribution in [1.82, 2.24) is 9.55 Å². The van der Waals surface area contributed by atoms with Gasteiger partial charge in [0.2, 0.25) is 6.79 Å². The van der Waals surface area contributed by atoms with Crippen LogP contribution >= 0.6 is 15.9 Å². The maximum Gasteiger partial charge on any atom is 0.231 e. The third-order valence-corrected chi connectivity index (χ3v) is 3.94. The first-order chi connectivity index (χ1) is 10.3. The number of imidazole rings is 1. The molecule has 1 aliphatic heterocycles. The lowest BCUT2D eigenvalue weighted by molar-refractivity contribution is 0.174. The largest absolute Gasteiger partial charge is 0.454 e. The van der Waals surface area contributed by atoms with Crippen LogP contribution in [0.15, 0.2) is 59.5 Å². The van der Waals surface area contributed by atoms with Gasteiger partial charge in [0.05, 0.1) is 18.2 Å². The molecule has 4 rings (SSSR count). The summed E-state index contributed by atoms with van der Waals surface area (Å²) < 4.78 is 13.9. The number of hydrogen-bond donors (Lipinski definition) is 0. The monoisotopic (exact) mass is 342 g/mol. The minimum absolute atomic E-state index is 0.283. The van der Waals surface area contributed by atoms with E-state index in [1.165, 1.54) is 0 Å². The molecule has 0 saturated heterocycles. The van der Waals surface area contributed by atoms with E-state index in [1.807, 2.05) is 59.6 Å². The molecule has 0 aliphatic carbocycles. The highest BCUT2D eigenvalue weighted by atomic mass is 79.9. The topological polar surface area (TPSA) is 36.3 Å². The van der Waals surface area contributed by atoms with Crippen LogP contribution in [0.1, 0.15) is 0 Å². The Bertz CT molecular complexity index is 796. The molecule has 0 bridgehead atoms. The second kappa shape index (κ2) is 4.93. The number of ether oxygens (including phenoxy) is 2. The van der Waals surface area contributed by atoms with E-state index in [9.17, 15) is 0 Å². The summed E-state index contributed by atoms with van der Waals surface area (Å²) in [6, 6.07) is 14.0. The van der Waals surface area contributed by atoms with Crippen LogP contribution in [0.4, 0.5) is 0 Å². The molecule has 21 heavy (non-hydrogen) atoms. The molecule has 4 nitrogen and oxygen atoms in total. The fraction of sp³-hybridized carbons (Fsp3) is 0.0625. The van der Waals surface area contributed by atoms with Crippen molar-refractivity contribution in [1.29, 1.82) is 0 Å². The first kappa shape index (κ1) is 12.5. The molecule has 0 radical (unpaired) electrons. The summed E-state index contributed by atoms with van der Waals surface area (Å²) in [6.07, 6.45) is 3.66. The normalized spacial score (nSPS) is 12.6. The minimum atomic E-state index is 0.283. The molecule has 2 aromatic carbocycles. The van der Waals surface area contributed by atoms with Gasteiger partial charge in [0.25, 0.3) is 0 Å². The lowest BCUT2D eigenvalue weighted by atomic mass is 10.1. The Balaban J connectivity index is 1.80. The average molecular weight is 343 g/mol. The summed E-state index contributed by atoms with van der Waals surface area (Å²) in [7, 11) is 0. The van der Waals surface area contributed by atoms with E-state index in [0.717, 1.165) is 32.9 Å². The van der Waals surface area contributed by atoms with Crippen LogP contribution in [0.2, 0.25) is 0 Å². The van der Waals surface area contributed by atoms with Gasteiger partial charge in [-0.3, -0.25) is 4.57 Å². The Labute approximate surface area is 130 Å². The summed E-state index contributed by atoms with van der Waals surface area (Å²) in [5, 5.41) is 0. The molecule has 1 aliphatic rings. The van der Waals surface area contributed by atoms with Crippen LogP contribution in [0.3, 0.4) is 0 Å². The summed E-state index contributed by atoms with van der Waals surface area (Å²) in [6.45, 7) is 0.283. The van der Waals surface area contributed by atoms with E-state index in [-0.39, 0.29) is 6.79 Å². The van der Waals surface area contributed by atoms with Crippen molar-refractivity contribution in [2.75, 3.05) is 6.79 Å². The molecule has 0 spiro atoms. The number of nitrogens with zero attached hydrogens (tertiary/aromatic N) is 2. The van der Waals surface area contributed by atoms with Crippen LogP contribution in [-0.4, -0.2) is 16.3 Å². The fourth-order valence-corrected chi connectivity index (χ4v) is 2.64. The smallest absolute Gasteiger partial charge is 0.231 e. The van der Waals surface area contributed by atoms with Crippen molar-refractivity contribution >= 4 is 15.9 Å². The Kier molecular flexibility index (Phi) is 2.93. The van der Waals surface area contributed by atoms with Crippen LogP contribution in [0.25, 0.3) is 16.9 Å². The third kappa shape index (κ3) is 2.19. The highest BCUT2D eigenvalue weighted by molar-refractivity contribution is 9.10. The van der Waals surface area contributed by atoms with Gasteiger partial charge in [0.15, 0.2) is 11.5 Å². The molecule has 1 aromatic heterocycles. The molecule has 0 unspecified atom stereocenters. The van der Waals surface area contributed by atoms with Crippen molar-refractivity contribution < 1.29 is 9.47 Å². The van der Waals surface area contributed by atoms with Crippen molar-refractivity contribution in [3.63, 3.8) is 0 Å². The molecule has 0 atom stereocenters. The van der Waals surface area contributed by atoms with E-state index in [2.05, 4.69) is 20.9 Å². The SMILES string of the molecule is Brc1ccc(-n2cncc2-c2ccc3c(c2)OCO3)cc1. The van der Waals surface area contributed by atoms with Crippen LogP contribution < -0.4 is 9.47 Å². The van der Waals surface area contributed by atoms with E-state index in [1.54, 1.807) is 0 Å². The van der Waals surface area contributed by atoms with Gasteiger partial charge in [0, 0.05) is 15.7 Å². The molecule has 0 N–H and O–H groups in total. The van der Waals surface area contributed by atoms with Crippen LogP contribution in [-0.2, 0) is 0 Å². The van der Waals surface area contributed by atoms with Gasteiger partial charge >= 0.3 is 0 Å². The van der Waals surface area contributed by atoms with E-state index in [0.29, 0.717) is 0 Å². The summed E-state index contributed by atoms with van der Waals surface area (Å²) in [5.41, 5.74) is 3.11. The number of hydrogen-bond acceptors (Lipinski definition) is 3. The Morgan fingerprint density at radius 1 is 1.00 bits per heavy atom. The van der Waals surface area contributed by atoms with Gasteiger partial charge in [-0.15, -0.1) is 0 Å². The zero-order valence-electron chi connectivity index (χ0n) is 11.0. The minimum Gasteiger partial charge on any atom is -0.454 e. The van der Waals surface area contributed by atoms with Gasteiger partial charge in [-0.05, 0) is 42.5 Å². The van der Waals surface area contributed by atoms with E-state index in [4.69, 9.17) is 9.47 Å². The maximum atomic E-state index is 5.44. The third-order valence-electron chi connectivity index (χ3n) is 3.41. The first-order valence-corrected chi connectivity index (χ1v) is 7.29. The summed E-state index contributed by atoms with van der Waals surface area (Å²) >= 11 is 3.45. The lowest BCUT2D eigenvalue weighted by Gasteiger charge is -2.09. The van der Waals surface area contributed by atoms with Crippen molar-refractivity contribution in [3.8, 4) is 28.4 Å². The molecule has 0 fully saturated rings. The van der Waals surface area contributed by atoms with Gasteiger partial charge in [-0.2, -0.15) is 0 Å². The highest BCUT2D eigenvalue weighted by Crippen LogP contribution is 2.36. The Morgan fingerprint density at radius 3 is 2.67 bits per heavy atom. The number of rotatable bonds is 2. The standard InChI is InChI=1S/C16H11BrN2O2/c17-12-2-4-13(5-3-12)19-9-18-8-14(19)11-1-6-15-16(7-11)21-10-20-15/h1-9H,10H2. The Morgan fingerprint density at radius 2 is 1.81 bits per heavy atom. The number of aromatic nitrogens is 2. The first-order valence-electron chi connectivity index (χ1n) is 6.49. The zero-order valence-corrected chi connectivity index (χ0v) is 12.6. The quantitative estimate of drug-likeness (QED) is 0.705. The van der Waals surface area contributed by atoms with Gasteiger partial charge in [-0.25, -0.2) is 4.98 Å². The van der Waals surface area contributed by atoms with Crippen molar-refractivity contribution in [2.45, 2.75) is 0 Å². The van der Waals surface area contributed by atoms with Crippen LogP contribution in [0.5, 0.6) is 11.5 Å². The molecule has 5 heteroatoms. The predicted octanol–water partition coefficient (Wildman–Crippen LogP) is 4.03. The van der Waals surface area contributed by atoms with Gasteiger partial charge in [-0.1, -0.05) is 15.9 Å². The molecule has 2 heterocycles. The van der Waals surface area contributed by atoms with Crippen LogP contribution in [0, 0.1) is 0 Å². The van der Waals surface area contributed by atoms with Crippen molar-refractivity contribution in [3.05, 3.63) is 59.5 Å². The zero-order chi connectivity index (χ0) is 14.2. The summed E-state index contributed by atoms with van der Waals surface area (Å²) in [4.78, 5) is 4.27. The molecule has 3 aromatic rings. The second-order valence-corrected chi connectivity index (χ2v) is 5.61. The highest BCUT2D eigenvalue weighted by Gasteiger charge is 2.15. The fourth-order valence-electron chi connectivity index (χ4n) is 2.37. The molecule has 0 saturated carbocycles. The predicted molar refractivity (Wildman–Crippen MR) is 82.8 cm³/mol. The van der Waals surface area contributed by atoms with Gasteiger partial charge < -0.3 is 9.47 Å². The Hall–Kier alpha value is -2.27. The number of halogens is 1.